The fourth-order valence-electron chi connectivity index (χ4n) is 7.80. The maximum atomic E-state index is 14.0. The zero-order valence-corrected chi connectivity index (χ0v) is 39.2. The Morgan fingerprint density at radius 3 is 1.71 bits per heavy atom. The normalized spacial score (nSPS) is 15.8. The predicted octanol–water partition coefficient (Wildman–Crippen LogP) is 14.6. The number of rotatable bonds is 10. The molecule has 0 spiro atoms. The van der Waals surface area contributed by atoms with Crippen LogP contribution in [0, 0.1) is 5.92 Å². The summed E-state index contributed by atoms with van der Waals surface area (Å²) in [7, 11) is 0. The summed E-state index contributed by atoms with van der Waals surface area (Å²) >= 11 is 36.1. The number of ketones is 1. The number of carbonyl (C=O) groups is 1. The monoisotopic (exact) mass is 985 g/mol. The van der Waals surface area contributed by atoms with E-state index >= 15 is 0 Å². The lowest BCUT2D eigenvalue weighted by molar-refractivity contribution is 0.0508. The van der Waals surface area contributed by atoms with Crippen molar-refractivity contribution >= 4 is 87.2 Å². The fourth-order valence-corrected chi connectivity index (χ4v) is 8.69. The van der Waals surface area contributed by atoms with E-state index in [0.29, 0.717) is 60.1 Å². The van der Waals surface area contributed by atoms with Crippen LogP contribution in [0.5, 0.6) is 0 Å². The molecule has 0 bridgehead atoms. The van der Waals surface area contributed by atoms with Crippen LogP contribution in [0.15, 0.2) is 155 Å². The topological polar surface area (TPSA) is 91.9 Å². The molecule has 2 saturated heterocycles. The molecule has 3 heterocycles. The van der Waals surface area contributed by atoms with E-state index in [9.17, 15) is 14.4 Å². The highest BCUT2D eigenvalue weighted by molar-refractivity contribution is 6.32. The average molecular weight is 989 g/mol. The second-order valence-corrected chi connectivity index (χ2v) is 17.8. The lowest BCUT2D eigenvalue weighted by Gasteiger charge is -2.22. The van der Waals surface area contributed by atoms with Crippen LogP contribution in [-0.4, -0.2) is 40.3 Å². The van der Waals surface area contributed by atoms with E-state index in [1.54, 1.807) is 69.8 Å². The van der Waals surface area contributed by atoms with Crippen LogP contribution in [0.2, 0.25) is 30.1 Å². The molecule has 332 valence electrons. The highest BCUT2D eigenvalue weighted by atomic mass is 35.5. The summed E-state index contributed by atoms with van der Waals surface area (Å²) in [5.74, 6) is -0.105. The number of isocyanates is 1. The first-order valence-corrected chi connectivity index (χ1v) is 23.0. The number of halogens is 6. The van der Waals surface area contributed by atoms with Gasteiger partial charge in [0, 0.05) is 54.5 Å². The van der Waals surface area contributed by atoms with Crippen molar-refractivity contribution in [3.63, 3.8) is 0 Å². The summed E-state index contributed by atoms with van der Waals surface area (Å²) in [5.41, 5.74) is 5.92. The molecule has 6 aromatic carbocycles. The second kappa shape index (κ2) is 23.0. The minimum atomic E-state index is -0.221. The first-order valence-electron chi connectivity index (χ1n) is 20.8. The number of benzene rings is 6. The number of hydrogen-bond donors (Lipinski definition) is 0. The molecule has 7 aromatic rings. The third kappa shape index (κ3) is 12.5. The van der Waals surface area contributed by atoms with E-state index in [1.807, 2.05) is 84.9 Å². The van der Waals surface area contributed by atoms with Gasteiger partial charge in [0.15, 0.2) is 5.78 Å². The van der Waals surface area contributed by atoms with Gasteiger partial charge in [-0.2, -0.15) is 4.99 Å². The first kappa shape index (κ1) is 48.0. The Labute approximate surface area is 406 Å². The van der Waals surface area contributed by atoms with Crippen molar-refractivity contribution in [2.45, 2.75) is 44.3 Å². The smallest absolute Gasteiger partial charge is 0.338 e. The summed E-state index contributed by atoms with van der Waals surface area (Å²) in [6.07, 6.45) is 5.51. The summed E-state index contributed by atoms with van der Waals surface area (Å²) < 4.78 is 15.3. The molecule has 65 heavy (non-hydrogen) atoms. The number of ether oxygens (including phenoxy) is 2. The highest BCUT2D eigenvalue weighted by Crippen LogP contribution is 2.39. The molecule has 2 aliphatic rings. The van der Waals surface area contributed by atoms with Gasteiger partial charge in [-0.25, -0.2) is 9.59 Å². The Bertz CT molecular complexity index is 2810. The Hall–Kier alpha value is -4.96. The molecule has 2 aliphatic heterocycles. The molecule has 1 aromatic heterocycles. The Kier molecular flexibility index (Phi) is 17.0. The molecule has 0 radical (unpaired) electrons. The fraction of sp³-hybridized carbons (Fsp3) is 0.196. The van der Waals surface area contributed by atoms with Gasteiger partial charge in [-0.3, -0.25) is 13.9 Å². The van der Waals surface area contributed by atoms with E-state index in [0.717, 1.165) is 60.5 Å². The van der Waals surface area contributed by atoms with Crippen LogP contribution in [0.3, 0.4) is 0 Å². The maximum absolute atomic E-state index is 14.0. The second-order valence-electron chi connectivity index (χ2n) is 15.2. The quantitative estimate of drug-likeness (QED) is 0.0773. The molecule has 9 rings (SSSR count). The zero-order chi connectivity index (χ0) is 45.9. The molecule has 2 fully saturated rings. The number of hydrogen-bond acceptors (Lipinski definition) is 6. The van der Waals surface area contributed by atoms with Crippen molar-refractivity contribution in [3.8, 4) is 22.6 Å². The third-order valence-corrected chi connectivity index (χ3v) is 12.3. The molecule has 14 heteroatoms. The van der Waals surface area contributed by atoms with Crippen LogP contribution in [0.25, 0.3) is 22.6 Å². The van der Waals surface area contributed by atoms with Gasteiger partial charge in [0.25, 0.3) is 0 Å². The van der Waals surface area contributed by atoms with Crippen molar-refractivity contribution in [2.24, 2.45) is 10.9 Å². The van der Waals surface area contributed by atoms with Gasteiger partial charge in [0.2, 0.25) is 6.08 Å². The van der Waals surface area contributed by atoms with Crippen molar-refractivity contribution in [1.29, 1.82) is 0 Å². The van der Waals surface area contributed by atoms with Crippen molar-refractivity contribution in [2.75, 3.05) is 13.2 Å². The number of aliphatic imine (C=N–C) groups is 1. The summed E-state index contributed by atoms with van der Waals surface area (Å²) in [5, 5.41) is 3.70. The third-order valence-electron chi connectivity index (χ3n) is 10.8. The maximum Gasteiger partial charge on any atom is 0.338 e. The van der Waals surface area contributed by atoms with Crippen LogP contribution < -0.4 is 5.69 Å². The lowest BCUT2D eigenvalue weighted by atomic mass is 9.86. The SMILES string of the molecule is O=C(c1cccc(Cl)c1)C(Cc1ccc(Cl)cc1)C1CCCO1.O=C=Nc1ccc(Cl)cc1.O=c1n(-c2ccc(Cl)cc2)c(-c2cccc(Cl)c2)c(C2CCCO2)n1-c1ccc(Cl)cc1. The van der Waals surface area contributed by atoms with Crippen LogP contribution >= 0.6 is 69.6 Å². The summed E-state index contributed by atoms with van der Waals surface area (Å²) in [4.78, 5) is 40.1. The summed E-state index contributed by atoms with van der Waals surface area (Å²) in [6, 6.07) is 43.4. The number of aromatic nitrogens is 2. The standard InChI is InChI=1S/C25H19Cl3N2O2.C19H18Cl2O2.C7H4ClNO/c26-17-6-10-20(11-7-17)29-23(16-3-1-4-19(28)15-16)24(22-5-2-14-32-22)30(25(29)31)21-12-8-18(27)9-13-21;20-15-8-6-13(7-9-15)11-17(18-5-2-10-23-18)19(22)14-3-1-4-16(21)12-14;8-6-1-3-7(4-2-6)9-5-10/h1,3-4,6-13,15,22H,2,5,14H2;1,3-4,6-9,12,17-18H,2,5,10-11H2;1-4H. The molecular weight excluding hydrogens is 947 g/mol. The number of carbonyl (C=O) groups excluding carboxylic acids is 2. The molecule has 0 aliphatic carbocycles. The Morgan fingerprint density at radius 1 is 0.631 bits per heavy atom. The number of nitrogens with zero attached hydrogens (tertiary/aromatic N) is 3. The number of imidazole rings is 1. The Balaban J connectivity index is 0.000000166. The largest absolute Gasteiger partial charge is 0.377 e. The van der Waals surface area contributed by atoms with Gasteiger partial charge in [0.05, 0.1) is 40.5 Å². The molecular formula is C51H41Cl6N3O5. The predicted molar refractivity (Wildman–Crippen MR) is 262 cm³/mol. The minimum Gasteiger partial charge on any atom is -0.377 e. The average Bonchev–Trinajstić information content (AvgIpc) is 4.10. The van der Waals surface area contributed by atoms with Crippen LogP contribution in [-0.2, 0) is 20.7 Å². The molecule has 8 nitrogen and oxygen atoms in total. The van der Waals surface area contributed by atoms with E-state index in [-0.39, 0.29) is 29.6 Å². The van der Waals surface area contributed by atoms with Crippen LogP contribution in [0.1, 0.15) is 53.4 Å². The molecule has 3 unspecified atom stereocenters. The molecule has 0 N–H and O–H groups in total. The van der Waals surface area contributed by atoms with E-state index in [4.69, 9.17) is 79.1 Å². The zero-order valence-electron chi connectivity index (χ0n) is 34.7. The van der Waals surface area contributed by atoms with Crippen LogP contribution in [0.4, 0.5) is 5.69 Å². The first-order chi connectivity index (χ1) is 31.5. The van der Waals surface area contributed by atoms with Gasteiger partial charge in [-0.05, 0) is 147 Å². The molecule has 3 atom stereocenters. The number of Topliss-reactive ketones (excluding diaryl/α,β-unsaturated/α-hetero) is 1. The molecule has 0 saturated carbocycles. The van der Waals surface area contributed by atoms with Crippen molar-refractivity contribution in [3.05, 3.63) is 203 Å². The highest BCUT2D eigenvalue weighted by Gasteiger charge is 2.33. The van der Waals surface area contributed by atoms with E-state index in [1.165, 1.54) is 6.08 Å². The van der Waals surface area contributed by atoms with Gasteiger partial charge in [-0.1, -0.05) is 106 Å². The van der Waals surface area contributed by atoms with Gasteiger partial charge in [-0.15, -0.1) is 0 Å². The summed E-state index contributed by atoms with van der Waals surface area (Å²) in [6.45, 7) is 1.38. The van der Waals surface area contributed by atoms with E-state index in [2.05, 4.69) is 4.99 Å². The van der Waals surface area contributed by atoms with Gasteiger partial charge < -0.3 is 9.47 Å². The molecule has 0 amide bonds. The van der Waals surface area contributed by atoms with E-state index < -0.39 is 0 Å². The van der Waals surface area contributed by atoms with Crippen molar-refractivity contribution < 1.29 is 19.1 Å². The van der Waals surface area contributed by atoms with Crippen molar-refractivity contribution in [1.82, 2.24) is 9.13 Å². The van der Waals surface area contributed by atoms with Gasteiger partial charge >= 0.3 is 5.69 Å². The Morgan fingerprint density at radius 2 is 1.17 bits per heavy atom. The van der Waals surface area contributed by atoms with Gasteiger partial charge in [0.1, 0.15) is 6.10 Å². The lowest BCUT2D eigenvalue weighted by Crippen LogP contribution is -2.30. The minimum absolute atomic E-state index is 0.0304.